The van der Waals surface area contributed by atoms with Crippen LogP contribution in [0.1, 0.15) is 5.56 Å². The maximum atomic E-state index is 6.17. The van der Waals surface area contributed by atoms with E-state index in [2.05, 4.69) is 43.8 Å². The normalized spacial score (nSPS) is 10.4. The molecule has 0 atom stereocenters. The van der Waals surface area contributed by atoms with Crippen LogP contribution in [-0.2, 0) is 6.54 Å². The van der Waals surface area contributed by atoms with Gasteiger partial charge < -0.3 is 10.6 Å². The van der Waals surface area contributed by atoms with Crippen LogP contribution in [-0.4, -0.2) is 14.9 Å². The molecule has 1 heterocycles. The molecule has 0 unspecified atom stereocenters. The van der Waals surface area contributed by atoms with Crippen LogP contribution < -0.4 is 10.6 Å². The lowest BCUT2D eigenvalue weighted by atomic mass is 10.2. The maximum absolute atomic E-state index is 6.17. The highest BCUT2D eigenvalue weighted by Crippen LogP contribution is 2.25. The highest BCUT2D eigenvalue weighted by atomic mass is 79.9. The highest BCUT2D eigenvalue weighted by Gasteiger charge is 2.05. The fraction of sp³-hybridized carbons (Fsp3) is 0.0588. The predicted molar refractivity (Wildman–Crippen MR) is 107 cm³/mol. The van der Waals surface area contributed by atoms with E-state index in [0.717, 1.165) is 15.8 Å². The number of halogens is 2. The van der Waals surface area contributed by atoms with Gasteiger partial charge in [-0.25, -0.2) is 0 Å². The highest BCUT2D eigenvalue weighted by molar-refractivity contribution is 9.10. The Morgan fingerprint density at radius 3 is 2.71 bits per heavy atom. The summed E-state index contributed by atoms with van der Waals surface area (Å²) in [5.74, 6) is 0. The maximum Gasteiger partial charge on any atom is 0.175 e. The summed E-state index contributed by atoms with van der Waals surface area (Å²) in [6, 6.07) is 15.7. The molecule has 0 aliphatic carbocycles. The molecule has 0 bridgehead atoms. The summed E-state index contributed by atoms with van der Waals surface area (Å²) < 4.78 is 2.77. The lowest BCUT2D eigenvalue weighted by Gasteiger charge is -2.10. The molecule has 0 amide bonds. The molecule has 122 valence electrons. The molecule has 1 aromatic heterocycles. The van der Waals surface area contributed by atoms with Gasteiger partial charge in [0.15, 0.2) is 5.11 Å². The molecule has 24 heavy (non-hydrogen) atoms. The quantitative estimate of drug-likeness (QED) is 0.571. The minimum atomic E-state index is 0.457. The molecular formula is C17H14BrClN4S. The van der Waals surface area contributed by atoms with Crippen LogP contribution in [0.3, 0.4) is 0 Å². The third-order valence-corrected chi connectivity index (χ3v) is 4.27. The Labute approximate surface area is 159 Å². The van der Waals surface area contributed by atoms with Gasteiger partial charge in [-0.3, -0.25) is 4.68 Å². The number of rotatable bonds is 4. The Balaban J connectivity index is 1.61. The molecule has 7 heteroatoms. The largest absolute Gasteiger partial charge is 0.331 e. The van der Waals surface area contributed by atoms with Gasteiger partial charge in [-0.1, -0.05) is 57.9 Å². The van der Waals surface area contributed by atoms with Crippen molar-refractivity contribution in [2.45, 2.75) is 6.54 Å². The molecule has 3 rings (SSSR count). The predicted octanol–water partition coefficient (Wildman–Crippen LogP) is 5.16. The number of nitrogens with zero attached hydrogens (tertiary/aromatic N) is 2. The molecule has 4 nitrogen and oxygen atoms in total. The standard InChI is InChI=1S/C17H14BrClN4S/c18-13-6-7-16(15(19)8-13)22-17(24)21-14-9-20-23(11-14)10-12-4-2-1-3-5-12/h1-9,11H,10H2,(H2,21,22,24). The lowest BCUT2D eigenvalue weighted by Crippen LogP contribution is -2.19. The van der Waals surface area contributed by atoms with Gasteiger partial charge in [-0.05, 0) is 36.0 Å². The second-order valence-corrected chi connectivity index (χ2v) is 6.85. The third-order valence-electron chi connectivity index (χ3n) is 3.26. The topological polar surface area (TPSA) is 41.9 Å². The van der Waals surface area contributed by atoms with Crippen molar-refractivity contribution >= 4 is 56.2 Å². The fourth-order valence-electron chi connectivity index (χ4n) is 2.16. The van der Waals surface area contributed by atoms with Gasteiger partial charge in [0.1, 0.15) is 0 Å². The molecule has 0 saturated carbocycles. The Hall–Kier alpha value is -1.89. The first kappa shape index (κ1) is 17.0. The summed E-state index contributed by atoms with van der Waals surface area (Å²) in [7, 11) is 0. The van der Waals surface area contributed by atoms with Gasteiger partial charge in [0.05, 0.1) is 29.1 Å². The first-order valence-corrected chi connectivity index (χ1v) is 8.77. The van der Waals surface area contributed by atoms with Crippen molar-refractivity contribution in [1.29, 1.82) is 0 Å². The van der Waals surface area contributed by atoms with E-state index in [-0.39, 0.29) is 0 Å². The molecule has 3 aromatic rings. The van der Waals surface area contributed by atoms with Crippen LogP contribution in [0.2, 0.25) is 5.02 Å². The summed E-state index contributed by atoms with van der Waals surface area (Å²) >= 11 is 14.9. The van der Waals surface area contributed by atoms with E-state index in [1.807, 2.05) is 47.3 Å². The lowest BCUT2D eigenvalue weighted by molar-refractivity contribution is 0.687. The van der Waals surface area contributed by atoms with E-state index in [4.69, 9.17) is 23.8 Å². The van der Waals surface area contributed by atoms with Gasteiger partial charge in [0.25, 0.3) is 0 Å². The molecule has 0 saturated heterocycles. The number of aromatic nitrogens is 2. The zero-order valence-corrected chi connectivity index (χ0v) is 15.7. The van der Waals surface area contributed by atoms with E-state index >= 15 is 0 Å². The average Bonchev–Trinajstić information content (AvgIpc) is 2.98. The molecule has 0 spiro atoms. The van der Waals surface area contributed by atoms with E-state index < -0.39 is 0 Å². The number of nitrogens with one attached hydrogen (secondary N) is 2. The fourth-order valence-corrected chi connectivity index (χ4v) is 3.11. The second kappa shape index (κ2) is 7.79. The molecule has 2 N–H and O–H groups in total. The molecule has 0 fully saturated rings. The molecule has 0 aliphatic rings. The monoisotopic (exact) mass is 420 g/mol. The van der Waals surface area contributed by atoms with E-state index in [0.29, 0.717) is 16.7 Å². The molecule has 0 aliphatic heterocycles. The van der Waals surface area contributed by atoms with Gasteiger partial charge in [0, 0.05) is 10.7 Å². The number of anilines is 2. The van der Waals surface area contributed by atoms with E-state index in [1.165, 1.54) is 5.56 Å². The zero-order chi connectivity index (χ0) is 16.9. The van der Waals surface area contributed by atoms with Crippen molar-refractivity contribution in [1.82, 2.24) is 9.78 Å². The number of hydrogen-bond acceptors (Lipinski definition) is 2. The van der Waals surface area contributed by atoms with Crippen LogP contribution in [0.5, 0.6) is 0 Å². The van der Waals surface area contributed by atoms with E-state index in [9.17, 15) is 0 Å². The number of thiocarbonyl (C=S) groups is 1. The van der Waals surface area contributed by atoms with Crippen LogP contribution in [0.15, 0.2) is 65.4 Å². The first-order chi connectivity index (χ1) is 11.6. The van der Waals surface area contributed by atoms with Crippen molar-refractivity contribution in [3.63, 3.8) is 0 Å². The van der Waals surface area contributed by atoms with Crippen molar-refractivity contribution < 1.29 is 0 Å². The minimum Gasteiger partial charge on any atom is -0.331 e. The minimum absolute atomic E-state index is 0.457. The first-order valence-electron chi connectivity index (χ1n) is 7.19. The summed E-state index contributed by atoms with van der Waals surface area (Å²) in [4.78, 5) is 0. The van der Waals surface area contributed by atoms with E-state index in [1.54, 1.807) is 6.20 Å². The Morgan fingerprint density at radius 1 is 1.17 bits per heavy atom. The second-order valence-electron chi connectivity index (χ2n) is 5.12. The molecule has 2 aromatic carbocycles. The number of benzene rings is 2. The van der Waals surface area contributed by atoms with Gasteiger partial charge in [0.2, 0.25) is 0 Å². The summed E-state index contributed by atoms with van der Waals surface area (Å²) in [5.41, 5.74) is 2.75. The Bertz CT molecular complexity index is 851. The Morgan fingerprint density at radius 2 is 1.96 bits per heavy atom. The van der Waals surface area contributed by atoms with Crippen molar-refractivity contribution in [2.75, 3.05) is 10.6 Å². The van der Waals surface area contributed by atoms with Gasteiger partial charge in [-0.15, -0.1) is 0 Å². The van der Waals surface area contributed by atoms with Crippen LogP contribution in [0.4, 0.5) is 11.4 Å². The average molecular weight is 422 g/mol. The smallest absolute Gasteiger partial charge is 0.175 e. The Kier molecular flexibility index (Phi) is 5.50. The van der Waals surface area contributed by atoms with Crippen molar-refractivity contribution in [2.24, 2.45) is 0 Å². The molecule has 0 radical (unpaired) electrons. The van der Waals surface area contributed by atoms with Crippen LogP contribution in [0.25, 0.3) is 0 Å². The zero-order valence-electron chi connectivity index (χ0n) is 12.5. The van der Waals surface area contributed by atoms with Gasteiger partial charge in [-0.2, -0.15) is 5.10 Å². The van der Waals surface area contributed by atoms with Crippen molar-refractivity contribution in [3.05, 3.63) is 76.0 Å². The number of hydrogen-bond donors (Lipinski definition) is 2. The SMILES string of the molecule is S=C(Nc1cnn(Cc2ccccc2)c1)Nc1ccc(Br)cc1Cl. The van der Waals surface area contributed by atoms with Crippen LogP contribution in [0, 0.1) is 0 Å². The summed E-state index contributed by atoms with van der Waals surface area (Å²) in [5, 5.41) is 11.6. The van der Waals surface area contributed by atoms with Crippen molar-refractivity contribution in [3.8, 4) is 0 Å². The van der Waals surface area contributed by atoms with Crippen LogP contribution >= 0.6 is 39.7 Å². The summed E-state index contributed by atoms with van der Waals surface area (Å²) in [6.07, 6.45) is 3.64. The summed E-state index contributed by atoms with van der Waals surface area (Å²) in [6.45, 7) is 0.710. The molecular weight excluding hydrogens is 408 g/mol. The van der Waals surface area contributed by atoms with Gasteiger partial charge >= 0.3 is 0 Å². The third kappa shape index (κ3) is 4.56.